The van der Waals surface area contributed by atoms with E-state index in [1.807, 2.05) is 0 Å². The minimum atomic E-state index is 0.0210. The van der Waals surface area contributed by atoms with Crippen molar-refractivity contribution in [1.29, 1.82) is 0 Å². The van der Waals surface area contributed by atoms with Crippen molar-refractivity contribution in [3.63, 3.8) is 0 Å². The van der Waals surface area contributed by atoms with Crippen molar-refractivity contribution in [2.45, 2.75) is 167 Å². The zero-order chi connectivity index (χ0) is 29.7. The average molecular weight is 593 g/mol. The first-order valence-corrected chi connectivity index (χ1v) is 18.9. The SMILES string of the molecule is CCCCCCCCCCC(CSCC(CCCCCCCCCC)N1CCN=C1C(C)N)N1CCN=C1C(C)N. The van der Waals surface area contributed by atoms with Gasteiger partial charge in [-0.05, 0) is 26.7 Å². The first-order chi connectivity index (χ1) is 20.0. The minimum Gasteiger partial charge on any atom is -0.353 e. The molecule has 2 heterocycles. The molecule has 0 aliphatic carbocycles. The van der Waals surface area contributed by atoms with Gasteiger partial charge in [-0.3, -0.25) is 9.98 Å². The molecule has 0 spiro atoms. The Hall–Kier alpha value is -0.790. The van der Waals surface area contributed by atoms with Crippen molar-refractivity contribution >= 4 is 23.4 Å². The molecule has 41 heavy (non-hydrogen) atoms. The summed E-state index contributed by atoms with van der Waals surface area (Å²) in [4.78, 5) is 14.8. The van der Waals surface area contributed by atoms with Crippen LogP contribution in [0.2, 0.25) is 0 Å². The molecule has 4 N–H and O–H groups in total. The summed E-state index contributed by atoms with van der Waals surface area (Å²) in [6.45, 7) is 12.7. The van der Waals surface area contributed by atoms with Gasteiger partial charge in [0.25, 0.3) is 0 Å². The molecule has 2 aliphatic heterocycles. The highest BCUT2D eigenvalue weighted by atomic mass is 32.2. The molecule has 240 valence electrons. The Balaban J connectivity index is 1.89. The van der Waals surface area contributed by atoms with Crippen LogP contribution in [-0.4, -0.2) is 83.3 Å². The Kier molecular flexibility index (Phi) is 20.2. The molecule has 0 aromatic heterocycles. The third kappa shape index (κ3) is 14.5. The Bertz CT molecular complexity index is 651. The van der Waals surface area contributed by atoms with Crippen LogP contribution in [-0.2, 0) is 0 Å². The van der Waals surface area contributed by atoms with Crippen LogP contribution in [0, 0.1) is 0 Å². The van der Waals surface area contributed by atoms with Crippen LogP contribution in [0.1, 0.15) is 143 Å². The van der Waals surface area contributed by atoms with Crippen molar-refractivity contribution in [3.05, 3.63) is 0 Å². The fourth-order valence-corrected chi connectivity index (χ4v) is 7.91. The lowest BCUT2D eigenvalue weighted by Gasteiger charge is -2.34. The van der Waals surface area contributed by atoms with Crippen LogP contribution in [0.15, 0.2) is 9.98 Å². The molecular formula is C34H68N6S. The number of amidine groups is 2. The minimum absolute atomic E-state index is 0.0210. The van der Waals surface area contributed by atoms with Crippen molar-refractivity contribution in [2.24, 2.45) is 21.5 Å². The molecule has 0 aromatic carbocycles. The lowest BCUT2D eigenvalue weighted by atomic mass is 10.0. The molecule has 2 rings (SSSR count). The molecule has 4 unspecified atom stereocenters. The molecular weight excluding hydrogens is 524 g/mol. The van der Waals surface area contributed by atoms with Gasteiger partial charge in [-0.25, -0.2) is 0 Å². The van der Waals surface area contributed by atoms with Gasteiger partial charge in [0.05, 0.1) is 25.2 Å². The van der Waals surface area contributed by atoms with Crippen molar-refractivity contribution < 1.29 is 0 Å². The van der Waals surface area contributed by atoms with Gasteiger partial charge >= 0.3 is 0 Å². The molecule has 2 aliphatic rings. The molecule has 4 atom stereocenters. The molecule has 6 nitrogen and oxygen atoms in total. The summed E-state index contributed by atoms with van der Waals surface area (Å²) >= 11 is 2.15. The lowest BCUT2D eigenvalue weighted by Crippen LogP contribution is -2.48. The van der Waals surface area contributed by atoms with Crippen molar-refractivity contribution in [3.8, 4) is 0 Å². The maximum atomic E-state index is 6.37. The third-order valence-electron chi connectivity index (χ3n) is 8.92. The highest BCUT2D eigenvalue weighted by Crippen LogP contribution is 2.25. The van der Waals surface area contributed by atoms with E-state index in [0.29, 0.717) is 12.1 Å². The second kappa shape index (κ2) is 22.7. The summed E-state index contributed by atoms with van der Waals surface area (Å²) in [6, 6.07) is 1.12. The second-order valence-corrected chi connectivity index (χ2v) is 13.9. The van der Waals surface area contributed by atoms with Gasteiger partial charge in [0.1, 0.15) is 11.7 Å². The summed E-state index contributed by atoms with van der Waals surface area (Å²) in [7, 11) is 0. The van der Waals surface area contributed by atoms with E-state index < -0.39 is 0 Å². The Morgan fingerprint density at radius 2 is 0.927 bits per heavy atom. The monoisotopic (exact) mass is 593 g/mol. The fourth-order valence-electron chi connectivity index (χ4n) is 6.53. The van der Waals surface area contributed by atoms with E-state index in [1.54, 1.807) is 0 Å². The number of aliphatic imine (C=N–C) groups is 2. The van der Waals surface area contributed by atoms with Gasteiger partial charge in [0.15, 0.2) is 0 Å². The zero-order valence-electron chi connectivity index (χ0n) is 27.6. The van der Waals surface area contributed by atoms with Crippen LogP contribution >= 0.6 is 11.8 Å². The highest BCUT2D eigenvalue weighted by molar-refractivity contribution is 7.99. The lowest BCUT2D eigenvalue weighted by molar-refractivity contribution is 0.321. The second-order valence-electron chi connectivity index (χ2n) is 12.8. The standard InChI is InChI=1S/C34H68N6S/c1-5-7-9-11-13-15-17-19-21-31(39-25-23-37-33(39)29(3)35)27-41-28-32(40-26-24-38-34(40)30(4)36)22-20-18-16-14-12-10-8-6-2/h29-32H,5-28,35-36H2,1-4H3. The van der Waals surface area contributed by atoms with E-state index in [2.05, 4.69) is 49.3 Å². The number of unbranched alkanes of at least 4 members (excludes halogenated alkanes) is 14. The smallest absolute Gasteiger partial charge is 0.116 e. The Morgan fingerprint density at radius 1 is 0.585 bits per heavy atom. The summed E-state index contributed by atoms with van der Waals surface area (Å²) in [5, 5.41) is 0. The van der Waals surface area contributed by atoms with Gasteiger partial charge in [-0.1, -0.05) is 117 Å². The first-order valence-electron chi connectivity index (χ1n) is 17.7. The van der Waals surface area contributed by atoms with Crippen LogP contribution < -0.4 is 11.5 Å². The molecule has 0 saturated carbocycles. The fraction of sp³-hybridized carbons (Fsp3) is 0.941. The Labute approximate surface area is 259 Å². The number of nitrogens with two attached hydrogens (primary N) is 2. The molecule has 0 radical (unpaired) electrons. The average Bonchev–Trinajstić information content (AvgIpc) is 3.64. The van der Waals surface area contributed by atoms with Gasteiger partial charge < -0.3 is 21.3 Å². The predicted molar refractivity (Wildman–Crippen MR) is 185 cm³/mol. The van der Waals surface area contributed by atoms with Gasteiger partial charge in [0.2, 0.25) is 0 Å². The van der Waals surface area contributed by atoms with E-state index in [1.165, 1.54) is 116 Å². The largest absolute Gasteiger partial charge is 0.353 e. The summed E-state index contributed by atoms with van der Waals surface area (Å²) in [5.74, 6) is 4.59. The first kappa shape index (κ1) is 36.4. The molecule has 7 heteroatoms. The van der Waals surface area contributed by atoms with Crippen LogP contribution in [0.25, 0.3) is 0 Å². The Morgan fingerprint density at radius 3 is 1.27 bits per heavy atom. The number of hydrogen-bond donors (Lipinski definition) is 2. The molecule has 0 aromatic rings. The predicted octanol–water partition coefficient (Wildman–Crippen LogP) is 7.64. The summed E-state index contributed by atoms with van der Waals surface area (Å²) in [5.41, 5.74) is 12.7. The number of nitrogens with zero attached hydrogens (tertiary/aromatic N) is 4. The topological polar surface area (TPSA) is 83.2 Å². The maximum Gasteiger partial charge on any atom is 0.116 e. The zero-order valence-corrected chi connectivity index (χ0v) is 28.4. The normalized spacial score (nSPS) is 18.5. The van der Waals surface area contributed by atoms with E-state index in [9.17, 15) is 0 Å². The number of hydrogen-bond acceptors (Lipinski definition) is 7. The number of rotatable bonds is 26. The number of thioether (sulfide) groups is 1. The quantitative estimate of drug-likeness (QED) is 0.101. The molecule has 0 amide bonds. The maximum absolute atomic E-state index is 6.37. The summed E-state index contributed by atoms with van der Waals surface area (Å²) < 4.78 is 0. The van der Waals surface area contributed by atoms with Gasteiger partial charge in [-0.2, -0.15) is 11.8 Å². The van der Waals surface area contributed by atoms with Crippen LogP contribution in [0.5, 0.6) is 0 Å². The van der Waals surface area contributed by atoms with Crippen molar-refractivity contribution in [1.82, 2.24) is 9.80 Å². The van der Waals surface area contributed by atoms with Gasteiger partial charge in [-0.15, -0.1) is 0 Å². The molecule has 0 bridgehead atoms. The van der Waals surface area contributed by atoms with Gasteiger partial charge in [0, 0.05) is 36.7 Å². The molecule has 0 fully saturated rings. The van der Waals surface area contributed by atoms with E-state index in [4.69, 9.17) is 21.5 Å². The molecule has 0 saturated heterocycles. The third-order valence-corrected chi connectivity index (χ3v) is 10.2. The highest BCUT2D eigenvalue weighted by Gasteiger charge is 2.30. The summed E-state index contributed by atoms with van der Waals surface area (Å²) in [6.07, 6.45) is 24.5. The van der Waals surface area contributed by atoms with Crippen LogP contribution in [0.4, 0.5) is 0 Å². The van der Waals surface area contributed by atoms with E-state index >= 15 is 0 Å². The van der Waals surface area contributed by atoms with E-state index in [0.717, 1.165) is 49.4 Å². The van der Waals surface area contributed by atoms with Crippen LogP contribution in [0.3, 0.4) is 0 Å². The van der Waals surface area contributed by atoms with Crippen molar-refractivity contribution in [2.75, 3.05) is 37.7 Å². The van der Waals surface area contributed by atoms with E-state index in [-0.39, 0.29) is 12.1 Å².